The van der Waals surface area contributed by atoms with Gasteiger partial charge in [-0.25, -0.2) is 4.79 Å². The van der Waals surface area contributed by atoms with E-state index in [0.717, 1.165) is 0 Å². The van der Waals surface area contributed by atoms with E-state index < -0.39 is 12.1 Å². The Morgan fingerprint density at radius 1 is 0.793 bits per heavy atom. The summed E-state index contributed by atoms with van der Waals surface area (Å²) in [6.45, 7) is 1.62. The quantitative estimate of drug-likeness (QED) is 0.480. The van der Waals surface area contributed by atoms with E-state index in [0.29, 0.717) is 28.5 Å². The van der Waals surface area contributed by atoms with Gasteiger partial charge in [-0.2, -0.15) is 0 Å². The van der Waals surface area contributed by atoms with Crippen molar-refractivity contribution in [2.45, 2.75) is 13.0 Å². The fourth-order valence-corrected chi connectivity index (χ4v) is 2.50. The van der Waals surface area contributed by atoms with Crippen molar-refractivity contribution in [3.63, 3.8) is 0 Å². The van der Waals surface area contributed by atoms with Crippen LogP contribution < -0.4 is 19.5 Å². The number of ether oxygens (including phenoxy) is 3. The Bertz CT molecular complexity index is 953. The molecule has 0 bridgehead atoms. The van der Waals surface area contributed by atoms with Crippen LogP contribution in [0.15, 0.2) is 78.9 Å². The molecule has 6 heteroatoms. The summed E-state index contributed by atoms with van der Waals surface area (Å²) in [7, 11) is 1.58. The zero-order chi connectivity index (χ0) is 20.6. The smallest absolute Gasteiger partial charge is 0.352 e. The first-order chi connectivity index (χ1) is 14.0. The van der Waals surface area contributed by atoms with Crippen LogP contribution in [0.1, 0.15) is 17.3 Å². The average molecular weight is 391 g/mol. The maximum Gasteiger partial charge on any atom is 0.352 e. The molecule has 1 amide bonds. The lowest BCUT2D eigenvalue weighted by Crippen LogP contribution is -2.28. The average Bonchev–Trinajstić information content (AvgIpc) is 2.75. The number of carbonyl (C=O) groups is 2. The van der Waals surface area contributed by atoms with Crippen molar-refractivity contribution in [3.05, 3.63) is 84.4 Å². The molecule has 1 N–H and O–H groups in total. The Hall–Kier alpha value is -3.80. The molecule has 0 aliphatic heterocycles. The van der Waals surface area contributed by atoms with Crippen molar-refractivity contribution < 1.29 is 23.8 Å². The van der Waals surface area contributed by atoms with Crippen LogP contribution in [-0.4, -0.2) is 25.1 Å². The largest absolute Gasteiger partial charge is 0.497 e. The van der Waals surface area contributed by atoms with Crippen molar-refractivity contribution in [2.24, 2.45) is 0 Å². The van der Waals surface area contributed by atoms with E-state index in [1.54, 1.807) is 74.7 Å². The van der Waals surface area contributed by atoms with Gasteiger partial charge in [-0.1, -0.05) is 18.2 Å². The van der Waals surface area contributed by atoms with Crippen molar-refractivity contribution in [2.75, 3.05) is 12.4 Å². The zero-order valence-electron chi connectivity index (χ0n) is 16.1. The minimum atomic E-state index is -0.768. The van der Waals surface area contributed by atoms with E-state index in [1.165, 1.54) is 0 Å². The zero-order valence-corrected chi connectivity index (χ0v) is 16.1. The third kappa shape index (κ3) is 5.59. The summed E-state index contributed by atoms with van der Waals surface area (Å²) in [6, 6.07) is 22.4. The molecule has 0 aliphatic rings. The summed E-state index contributed by atoms with van der Waals surface area (Å²) in [5.74, 6) is 0.833. The molecule has 0 saturated carbocycles. The lowest BCUT2D eigenvalue weighted by molar-refractivity contribution is -0.141. The molecule has 1 atom stereocenters. The molecule has 3 aromatic carbocycles. The highest BCUT2D eigenvalue weighted by Crippen LogP contribution is 2.18. The van der Waals surface area contributed by atoms with Crippen LogP contribution in [0.5, 0.6) is 17.2 Å². The maximum absolute atomic E-state index is 12.3. The maximum atomic E-state index is 12.3. The third-order valence-corrected chi connectivity index (χ3v) is 4.07. The van der Waals surface area contributed by atoms with Gasteiger partial charge in [-0.15, -0.1) is 0 Å². The Labute approximate surface area is 169 Å². The lowest BCUT2D eigenvalue weighted by atomic mass is 10.2. The summed E-state index contributed by atoms with van der Waals surface area (Å²) in [5, 5.41) is 2.79. The highest BCUT2D eigenvalue weighted by molar-refractivity contribution is 6.04. The van der Waals surface area contributed by atoms with Crippen LogP contribution >= 0.6 is 0 Å². The first-order valence-corrected chi connectivity index (χ1v) is 9.04. The van der Waals surface area contributed by atoms with E-state index in [1.807, 2.05) is 18.2 Å². The molecule has 29 heavy (non-hydrogen) atoms. The van der Waals surface area contributed by atoms with Crippen molar-refractivity contribution in [1.29, 1.82) is 0 Å². The van der Waals surface area contributed by atoms with Gasteiger partial charge in [-0.3, -0.25) is 4.79 Å². The number of methoxy groups -OCH3 is 1. The molecule has 0 aromatic heterocycles. The Kier molecular flexibility index (Phi) is 6.47. The van der Waals surface area contributed by atoms with Gasteiger partial charge in [0.05, 0.1) is 7.11 Å². The van der Waals surface area contributed by atoms with Crippen molar-refractivity contribution in [1.82, 2.24) is 0 Å². The predicted molar refractivity (Wildman–Crippen MR) is 110 cm³/mol. The highest BCUT2D eigenvalue weighted by atomic mass is 16.6. The molecular weight excluding hydrogens is 370 g/mol. The predicted octanol–water partition coefficient (Wildman–Crippen LogP) is 4.32. The summed E-state index contributed by atoms with van der Waals surface area (Å²) >= 11 is 0. The molecule has 148 valence electrons. The summed E-state index contributed by atoms with van der Waals surface area (Å²) < 4.78 is 16.0. The normalized spacial score (nSPS) is 11.2. The molecule has 0 heterocycles. The van der Waals surface area contributed by atoms with Gasteiger partial charge in [0.15, 0.2) is 6.10 Å². The van der Waals surface area contributed by atoms with Gasteiger partial charge in [-0.05, 0) is 67.6 Å². The van der Waals surface area contributed by atoms with E-state index in [9.17, 15) is 9.59 Å². The lowest BCUT2D eigenvalue weighted by Gasteiger charge is -2.14. The van der Waals surface area contributed by atoms with Crippen molar-refractivity contribution >= 4 is 17.6 Å². The molecule has 3 rings (SSSR count). The Morgan fingerprint density at radius 2 is 1.41 bits per heavy atom. The topological polar surface area (TPSA) is 73.9 Å². The first kappa shape index (κ1) is 19.9. The van der Waals surface area contributed by atoms with E-state index in [2.05, 4.69) is 5.32 Å². The van der Waals surface area contributed by atoms with Crippen LogP contribution in [0.2, 0.25) is 0 Å². The first-order valence-electron chi connectivity index (χ1n) is 9.04. The fraction of sp³-hybridized carbons (Fsp3) is 0.130. The number of anilines is 1. The minimum absolute atomic E-state index is 0.270. The minimum Gasteiger partial charge on any atom is -0.497 e. The SMILES string of the molecule is COc1ccc(NC(=O)c2ccc(OC(=O)C(C)Oc3ccccc3)cc2)cc1. The summed E-state index contributed by atoms with van der Waals surface area (Å²) in [5.41, 5.74) is 1.09. The third-order valence-electron chi connectivity index (χ3n) is 4.07. The number of para-hydroxylation sites is 1. The number of esters is 1. The summed E-state index contributed by atoms with van der Waals surface area (Å²) in [4.78, 5) is 24.5. The number of nitrogens with one attached hydrogen (secondary N) is 1. The molecule has 0 saturated heterocycles. The molecular formula is C23H21NO5. The highest BCUT2D eigenvalue weighted by Gasteiger charge is 2.17. The summed E-state index contributed by atoms with van der Waals surface area (Å²) in [6.07, 6.45) is -0.768. The number of hydrogen-bond acceptors (Lipinski definition) is 5. The molecule has 0 spiro atoms. The number of hydrogen-bond donors (Lipinski definition) is 1. The van der Waals surface area contributed by atoms with Crippen molar-refractivity contribution in [3.8, 4) is 17.2 Å². The van der Waals surface area contributed by atoms with Gasteiger partial charge in [0.2, 0.25) is 0 Å². The molecule has 0 aliphatic carbocycles. The number of rotatable bonds is 7. The second kappa shape index (κ2) is 9.41. The van der Waals surface area contributed by atoms with Gasteiger partial charge in [0, 0.05) is 11.3 Å². The number of benzene rings is 3. The second-order valence-electron chi connectivity index (χ2n) is 6.20. The number of amides is 1. The van der Waals surface area contributed by atoms with Gasteiger partial charge in [0.1, 0.15) is 17.2 Å². The standard InChI is InChI=1S/C23H21NO5/c1-16(28-20-6-4-3-5-7-20)23(26)29-21-12-8-17(9-13-21)22(25)24-18-10-14-19(27-2)15-11-18/h3-16H,1-2H3,(H,24,25). The molecule has 6 nitrogen and oxygen atoms in total. The van der Waals surface area contributed by atoms with Crippen LogP contribution in [0, 0.1) is 0 Å². The molecule has 1 unspecified atom stereocenters. The van der Waals surface area contributed by atoms with Gasteiger partial charge >= 0.3 is 5.97 Å². The Balaban J connectivity index is 1.56. The van der Waals surface area contributed by atoms with Crippen LogP contribution in [0.25, 0.3) is 0 Å². The monoisotopic (exact) mass is 391 g/mol. The molecule has 0 fully saturated rings. The van der Waals surface area contributed by atoms with E-state index >= 15 is 0 Å². The van der Waals surface area contributed by atoms with E-state index in [-0.39, 0.29) is 5.91 Å². The van der Waals surface area contributed by atoms with Crippen LogP contribution in [0.3, 0.4) is 0 Å². The van der Waals surface area contributed by atoms with Gasteiger partial charge in [0.25, 0.3) is 5.91 Å². The van der Waals surface area contributed by atoms with E-state index in [4.69, 9.17) is 14.2 Å². The van der Waals surface area contributed by atoms with Crippen LogP contribution in [-0.2, 0) is 4.79 Å². The molecule has 3 aromatic rings. The Morgan fingerprint density at radius 3 is 2.03 bits per heavy atom. The van der Waals surface area contributed by atoms with Crippen LogP contribution in [0.4, 0.5) is 5.69 Å². The molecule has 0 radical (unpaired) electrons. The van der Waals surface area contributed by atoms with Gasteiger partial charge < -0.3 is 19.5 Å². The fourth-order valence-electron chi connectivity index (χ4n) is 2.50. The second-order valence-corrected chi connectivity index (χ2v) is 6.20. The number of carbonyl (C=O) groups excluding carboxylic acids is 2.